The van der Waals surface area contributed by atoms with Crippen molar-refractivity contribution in [3.05, 3.63) is 89.3 Å². The highest BCUT2D eigenvalue weighted by Crippen LogP contribution is 2.24. The monoisotopic (exact) mass is 345 g/mol. The van der Waals surface area contributed by atoms with Crippen LogP contribution in [0.4, 0.5) is 13.2 Å². The van der Waals surface area contributed by atoms with Crippen LogP contribution in [0, 0.1) is 17.5 Å². The first kappa shape index (κ1) is 16.8. The molecule has 0 bridgehead atoms. The molecule has 4 nitrogen and oxygen atoms in total. The van der Waals surface area contributed by atoms with Crippen molar-refractivity contribution < 1.29 is 18.0 Å². The molecule has 2 aromatic carbocycles. The summed E-state index contributed by atoms with van der Waals surface area (Å²) in [6.45, 7) is 0. The van der Waals surface area contributed by atoms with Crippen LogP contribution in [0.3, 0.4) is 0 Å². The summed E-state index contributed by atoms with van der Waals surface area (Å²) in [4.78, 5) is 16.6. The van der Waals surface area contributed by atoms with Gasteiger partial charge in [-0.2, -0.15) is 0 Å². The Bertz CT molecular complexity index is 923. The van der Waals surface area contributed by atoms with Crippen LogP contribution in [-0.4, -0.2) is 15.5 Å². The van der Waals surface area contributed by atoms with Gasteiger partial charge in [-0.1, -0.05) is 18.2 Å². The fraction of sp³-hybridized carbons (Fsp3) is 0.111. The fourth-order valence-corrected chi connectivity index (χ4v) is 2.53. The zero-order chi connectivity index (χ0) is 18.0. The van der Waals surface area contributed by atoms with Crippen LogP contribution in [0.25, 0.3) is 0 Å². The van der Waals surface area contributed by atoms with Crippen molar-refractivity contribution in [3.63, 3.8) is 0 Å². The van der Waals surface area contributed by atoms with E-state index in [1.54, 1.807) is 23.9 Å². The second-order valence-corrected chi connectivity index (χ2v) is 5.45. The lowest BCUT2D eigenvalue weighted by molar-refractivity contribution is 0.0936. The predicted octanol–water partition coefficient (Wildman–Crippen LogP) is 3.36. The first-order valence-electron chi connectivity index (χ1n) is 7.45. The number of imidazole rings is 1. The summed E-state index contributed by atoms with van der Waals surface area (Å²) in [6, 6.07) is 7.63. The van der Waals surface area contributed by atoms with E-state index in [4.69, 9.17) is 0 Å². The van der Waals surface area contributed by atoms with Crippen LogP contribution < -0.4 is 5.32 Å². The maximum absolute atomic E-state index is 14.2. The standard InChI is InChI=1S/C18H14F3N3O/c1-24-9-8-22-17(24)16(12-4-2-3-5-14(12)20)23-18(25)13-7-6-11(19)10-15(13)21/h2-10,16H,1H3,(H,23,25). The van der Waals surface area contributed by atoms with Gasteiger partial charge in [-0.25, -0.2) is 18.2 Å². The third kappa shape index (κ3) is 3.40. The molecule has 3 rings (SSSR count). The molecule has 1 unspecified atom stereocenters. The molecular formula is C18H14F3N3O. The largest absolute Gasteiger partial charge is 0.338 e. The molecule has 128 valence electrons. The smallest absolute Gasteiger partial charge is 0.255 e. The number of hydrogen-bond acceptors (Lipinski definition) is 2. The van der Waals surface area contributed by atoms with Gasteiger partial charge in [0.05, 0.1) is 5.56 Å². The predicted molar refractivity (Wildman–Crippen MR) is 85.3 cm³/mol. The van der Waals surface area contributed by atoms with Gasteiger partial charge < -0.3 is 9.88 Å². The number of nitrogens with zero attached hydrogens (tertiary/aromatic N) is 2. The molecule has 1 amide bonds. The molecular weight excluding hydrogens is 331 g/mol. The second-order valence-electron chi connectivity index (χ2n) is 5.45. The van der Waals surface area contributed by atoms with Crippen molar-refractivity contribution in [2.24, 2.45) is 7.05 Å². The molecule has 0 aliphatic rings. The number of amides is 1. The normalized spacial score (nSPS) is 12.0. The molecule has 1 atom stereocenters. The van der Waals surface area contributed by atoms with Gasteiger partial charge >= 0.3 is 0 Å². The number of benzene rings is 2. The molecule has 0 spiro atoms. The Balaban J connectivity index is 2.00. The number of carbonyl (C=O) groups excluding carboxylic acids is 1. The Labute approximate surface area is 141 Å². The fourth-order valence-electron chi connectivity index (χ4n) is 2.53. The molecule has 3 aromatic rings. The molecule has 0 saturated carbocycles. The van der Waals surface area contributed by atoms with E-state index < -0.39 is 29.4 Å². The molecule has 1 heterocycles. The Morgan fingerprint density at radius 1 is 1.12 bits per heavy atom. The molecule has 0 aliphatic heterocycles. The van der Waals surface area contributed by atoms with E-state index in [0.717, 1.165) is 12.1 Å². The van der Waals surface area contributed by atoms with E-state index in [2.05, 4.69) is 10.3 Å². The maximum atomic E-state index is 14.2. The number of aromatic nitrogens is 2. The van der Waals surface area contributed by atoms with Gasteiger partial charge in [0.2, 0.25) is 0 Å². The number of halogens is 3. The molecule has 7 heteroatoms. The minimum atomic E-state index is -0.996. The molecule has 0 saturated heterocycles. The lowest BCUT2D eigenvalue weighted by Crippen LogP contribution is -2.32. The van der Waals surface area contributed by atoms with Gasteiger partial charge in [-0.3, -0.25) is 4.79 Å². The molecule has 1 aromatic heterocycles. The molecule has 0 aliphatic carbocycles. The van der Waals surface area contributed by atoms with Gasteiger partial charge in [0.15, 0.2) is 0 Å². The van der Waals surface area contributed by atoms with Gasteiger partial charge in [0, 0.05) is 31.1 Å². The number of carbonyl (C=O) groups is 1. The summed E-state index contributed by atoms with van der Waals surface area (Å²) in [7, 11) is 1.70. The van der Waals surface area contributed by atoms with Crippen molar-refractivity contribution in [2.75, 3.05) is 0 Å². The topological polar surface area (TPSA) is 46.9 Å². The van der Waals surface area contributed by atoms with Crippen LogP contribution in [0.5, 0.6) is 0 Å². The number of rotatable bonds is 4. The Kier molecular flexibility index (Phi) is 4.56. The lowest BCUT2D eigenvalue weighted by atomic mass is 10.0. The van der Waals surface area contributed by atoms with Gasteiger partial charge in [-0.05, 0) is 18.2 Å². The van der Waals surface area contributed by atoms with Crippen LogP contribution >= 0.6 is 0 Å². The summed E-state index contributed by atoms with van der Waals surface area (Å²) in [5.41, 5.74) is -0.149. The highest BCUT2D eigenvalue weighted by molar-refractivity contribution is 5.94. The summed E-state index contributed by atoms with van der Waals surface area (Å²) >= 11 is 0. The number of aryl methyl sites for hydroxylation is 1. The summed E-state index contributed by atoms with van der Waals surface area (Å²) < 4.78 is 42.8. The number of nitrogens with one attached hydrogen (secondary N) is 1. The lowest BCUT2D eigenvalue weighted by Gasteiger charge is -2.20. The third-order valence-corrected chi connectivity index (χ3v) is 3.78. The highest BCUT2D eigenvalue weighted by atomic mass is 19.1. The van der Waals surface area contributed by atoms with Gasteiger partial charge in [0.1, 0.15) is 29.3 Å². The van der Waals surface area contributed by atoms with E-state index in [1.807, 2.05) is 0 Å². The quantitative estimate of drug-likeness (QED) is 0.788. The van der Waals surface area contributed by atoms with E-state index in [9.17, 15) is 18.0 Å². The Morgan fingerprint density at radius 2 is 1.88 bits per heavy atom. The zero-order valence-electron chi connectivity index (χ0n) is 13.2. The summed E-state index contributed by atoms with van der Waals surface area (Å²) in [5.74, 6) is -2.74. The van der Waals surface area contributed by atoms with Crippen LogP contribution in [0.15, 0.2) is 54.9 Å². The molecule has 0 radical (unpaired) electrons. The van der Waals surface area contributed by atoms with Crippen LogP contribution in [0.1, 0.15) is 27.8 Å². The van der Waals surface area contributed by atoms with Crippen LogP contribution in [-0.2, 0) is 7.05 Å². The minimum Gasteiger partial charge on any atom is -0.338 e. The van der Waals surface area contributed by atoms with Gasteiger partial charge in [-0.15, -0.1) is 0 Å². The van der Waals surface area contributed by atoms with Crippen molar-refractivity contribution in [3.8, 4) is 0 Å². The van der Waals surface area contributed by atoms with Crippen LogP contribution in [0.2, 0.25) is 0 Å². The Hall–Kier alpha value is -3.09. The first-order valence-corrected chi connectivity index (χ1v) is 7.45. The van der Waals surface area contributed by atoms with Crippen molar-refractivity contribution in [2.45, 2.75) is 6.04 Å². The second kappa shape index (κ2) is 6.80. The summed E-state index contributed by atoms with van der Waals surface area (Å²) in [6.07, 6.45) is 3.15. The number of hydrogen-bond donors (Lipinski definition) is 1. The Morgan fingerprint density at radius 3 is 2.52 bits per heavy atom. The molecule has 1 N–H and O–H groups in total. The molecule has 25 heavy (non-hydrogen) atoms. The molecule has 0 fully saturated rings. The van der Waals surface area contributed by atoms with E-state index in [-0.39, 0.29) is 11.1 Å². The minimum absolute atomic E-state index is 0.188. The SMILES string of the molecule is Cn1ccnc1C(NC(=O)c1ccc(F)cc1F)c1ccccc1F. The van der Waals surface area contributed by atoms with Crippen molar-refractivity contribution in [1.29, 1.82) is 0 Å². The average Bonchev–Trinajstić information content (AvgIpc) is 2.99. The third-order valence-electron chi connectivity index (χ3n) is 3.78. The van der Waals surface area contributed by atoms with Crippen molar-refractivity contribution in [1.82, 2.24) is 14.9 Å². The summed E-state index contributed by atoms with van der Waals surface area (Å²) in [5, 5.41) is 2.57. The maximum Gasteiger partial charge on any atom is 0.255 e. The van der Waals surface area contributed by atoms with E-state index >= 15 is 0 Å². The highest BCUT2D eigenvalue weighted by Gasteiger charge is 2.25. The zero-order valence-corrected chi connectivity index (χ0v) is 13.2. The van der Waals surface area contributed by atoms with E-state index in [0.29, 0.717) is 11.9 Å². The van der Waals surface area contributed by atoms with Crippen molar-refractivity contribution >= 4 is 5.91 Å². The average molecular weight is 345 g/mol. The van der Waals surface area contributed by atoms with Gasteiger partial charge in [0.25, 0.3) is 5.91 Å². The van der Waals surface area contributed by atoms with E-state index in [1.165, 1.54) is 24.4 Å². The first-order chi connectivity index (χ1) is 12.0.